The van der Waals surface area contributed by atoms with E-state index in [1.165, 1.54) is 0 Å². The van der Waals surface area contributed by atoms with Gasteiger partial charge in [-0.1, -0.05) is 0 Å². The first-order valence-corrected chi connectivity index (χ1v) is 6.56. The molecule has 1 aliphatic carbocycles. The van der Waals surface area contributed by atoms with E-state index in [1.807, 2.05) is 0 Å². The molecule has 0 bridgehead atoms. The summed E-state index contributed by atoms with van der Waals surface area (Å²) in [6.07, 6.45) is -2.50. The van der Waals surface area contributed by atoms with Crippen LogP contribution in [0, 0.1) is 0 Å². The summed E-state index contributed by atoms with van der Waals surface area (Å²) in [5.41, 5.74) is -0.201. The van der Waals surface area contributed by atoms with Gasteiger partial charge in [0.15, 0.2) is 11.6 Å². The van der Waals surface area contributed by atoms with Crippen LogP contribution in [0.5, 0.6) is 11.5 Å². The van der Waals surface area contributed by atoms with Crippen LogP contribution >= 0.6 is 0 Å². The Morgan fingerprint density at radius 3 is 2.38 bits per heavy atom. The van der Waals surface area contributed by atoms with E-state index in [9.17, 15) is 24.9 Å². The highest BCUT2D eigenvalue weighted by Crippen LogP contribution is 2.40. The van der Waals surface area contributed by atoms with Gasteiger partial charge in [0, 0.05) is 22.8 Å². The Bertz CT molecular complexity index is 702. The summed E-state index contributed by atoms with van der Waals surface area (Å²) in [5.74, 6) is -1.91. The van der Waals surface area contributed by atoms with E-state index in [0.717, 1.165) is 12.1 Å². The van der Waals surface area contributed by atoms with Gasteiger partial charge in [0.2, 0.25) is 0 Å². The van der Waals surface area contributed by atoms with Crippen LogP contribution < -0.4 is 0 Å². The number of rotatable bonds is 0. The molecule has 0 amide bonds. The number of phenols is 2. The van der Waals surface area contributed by atoms with Gasteiger partial charge in [-0.25, -0.2) is 0 Å². The second-order valence-corrected chi connectivity index (χ2v) is 5.30. The van der Waals surface area contributed by atoms with Gasteiger partial charge >= 0.3 is 0 Å². The van der Waals surface area contributed by atoms with Gasteiger partial charge < -0.3 is 20.1 Å². The molecule has 1 heterocycles. The average molecular weight is 290 g/mol. The molecular formula is C15H14O6. The van der Waals surface area contributed by atoms with Crippen molar-refractivity contribution in [3.05, 3.63) is 34.4 Å². The minimum atomic E-state index is -1.22. The van der Waals surface area contributed by atoms with E-state index < -0.39 is 35.6 Å². The smallest absolute Gasteiger partial charge is 0.196 e. The Kier molecular flexibility index (Phi) is 2.89. The summed E-state index contributed by atoms with van der Waals surface area (Å²) in [4.78, 5) is 25.1. The predicted molar refractivity (Wildman–Crippen MR) is 71.5 cm³/mol. The molecule has 0 fully saturated rings. The largest absolute Gasteiger partial charge is 0.508 e. The number of aromatic hydroxyl groups is 2. The molecule has 110 valence electrons. The fourth-order valence-corrected chi connectivity index (χ4v) is 2.95. The second-order valence-electron chi connectivity index (χ2n) is 5.30. The number of fused-ring (bicyclic) bond motifs is 1. The maximum absolute atomic E-state index is 12.6. The summed E-state index contributed by atoms with van der Waals surface area (Å²) >= 11 is 0. The minimum absolute atomic E-state index is 0.0104. The first-order chi connectivity index (χ1) is 9.82. The van der Waals surface area contributed by atoms with Crippen molar-refractivity contribution in [1.29, 1.82) is 0 Å². The summed E-state index contributed by atoms with van der Waals surface area (Å²) in [6.45, 7) is 3.23. The molecule has 0 saturated carbocycles. The fraction of sp³-hybridized carbons (Fsp3) is 0.333. The number of ketones is 2. The van der Waals surface area contributed by atoms with E-state index in [0.29, 0.717) is 0 Å². The number of hydrogen-bond donors (Lipinski definition) is 3. The van der Waals surface area contributed by atoms with Crippen LogP contribution in [0.4, 0.5) is 0 Å². The van der Waals surface area contributed by atoms with E-state index in [2.05, 4.69) is 0 Å². The van der Waals surface area contributed by atoms with Crippen LogP contribution in [-0.2, 0) is 4.74 Å². The summed E-state index contributed by atoms with van der Waals surface area (Å²) < 4.78 is 5.45. The normalized spacial score (nSPS) is 28.4. The maximum atomic E-state index is 12.6. The number of Topliss-reactive ketones (excluding diaryl/α,β-unsaturated/α-hetero) is 2. The summed E-state index contributed by atoms with van der Waals surface area (Å²) in [6, 6.07) is 2.12. The van der Waals surface area contributed by atoms with Crippen LogP contribution in [0.25, 0.3) is 0 Å². The first-order valence-electron chi connectivity index (χ1n) is 6.56. The molecule has 0 aromatic heterocycles. The van der Waals surface area contributed by atoms with Crippen molar-refractivity contribution in [3.8, 4) is 11.5 Å². The Morgan fingerprint density at radius 2 is 1.71 bits per heavy atom. The molecular weight excluding hydrogens is 276 g/mol. The molecule has 3 rings (SSSR count). The molecule has 0 saturated heterocycles. The summed E-state index contributed by atoms with van der Waals surface area (Å²) in [5, 5.41) is 29.5. The van der Waals surface area contributed by atoms with Gasteiger partial charge in [0.1, 0.15) is 17.6 Å². The number of phenolic OH excluding ortho intramolecular Hbond substituents is 2. The lowest BCUT2D eigenvalue weighted by molar-refractivity contribution is -0.0493. The molecule has 3 N–H and O–H groups in total. The van der Waals surface area contributed by atoms with Gasteiger partial charge in [0.25, 0.3) is 0 Å². The highest BCUT2D eigenvalue weighted by molar-refractivity contribution is 6.28. The Labute approximate surface area is 120 Å². The lowest BCUT2D eigenvalue weighted by atomic mass is 9.77. The Balaban J connectivity index is 2.29. The topological polar surface area (TPSA) is 104 Å². The molecule has 1 aromatic carbocycles. The van der Waals surface area contributed by atoms with Crippen molar-refractivity contribution in [1.82, 2.24) is 0 Å². The van der Waals surface area contributed by atoms with Gasteiger partial charge in [0.05, 0.1) is 17.8 Å². The number of carbonyl (C=O) groups excluding carboxylic acids is 2. The number of carbonyl (C=O) groups is 2. The molecule has 0 spiro atoms. The van der Waals surface area contributed by atoms with Gasteiger partial charge in [-0.05, 0) is 19.9 Å². The van der Waals surface area contributed by atoms with Gasteiger partial charge in [-0.15, -0.1) is 0 Å². The Hall–Kier alpha value is -2.18. The molecule has 1 aromatic rings. The summed E-state index contributed by atoms with van der Waals surface area (Å²) in [7, 11) is 0. The third kappa shape index (κ3) is 1.80. The van der Waals surface area contributed by atoms with Crippen molar-refractivity contribution >= 4 is 11.6 Å². The van der Waals surface area contributed by atoms with Crippen LogP contribution in [0.2, 0.25) is 0 Å². The van der Waals surface area contributed by atoms with E-state index in [1.54, 1.807) is 13.8 Å². The molecule has 1 aliphatic heterocycles. The molecule has 0 unspecified atom stereocenters. The van der Waals surface area contributed by atoms with Gasteiger partial charge in [-0.3, -0.25) is 9.59 Å². The molecule has 3 atom stereocenters. The molecule has 21 heavy (non-hydrogen) atoms. The number of aliphatic hydroxyl groups is 1. The first kappa shape index (κ1) is 13.8. The quantitative estimate of drug-likeness (QED) is 0.657. The number of benzene rings is 1. The number of hydrogen-bond acceptors (Lipinski definition) is 6. The van der Waals surface area contributed by atoms with Crippen LogP contribution in [-0.4, -0.2) is 45.2 Å². The molecule has 2 aliphatic rings. The average Bonchev–Trinajstić information content (AvgIpc) is 2.39. The van der Waals surface area contributed by atoms with Crippen molar-refractivity contribution in [2.24, 2.45) is 0 Å². The zero-order chi connectivity index (χ0) is 15.5. The van der Waals surface area contributed by atoms with Gasteiger partial charge in [-0.2, -0.15) is 0 Å². The van der Waals surface area contributed by atoms with Crippen LogP contribution in [0.15, 0.2) is 23.3 Å². The number of ether oxygens (including phenoxy) is 1. The number of aliphatic hydroxyl groups excluding tert-OH is 1. The third-order valence-electron chi connectivity index (χ3n) is 3.92. The maximum Gasteiger partial charge on any atom is 0.196 e. The lowest BCUT2D eigenvalue weighted by Gasteiger charge is -2.36. The highest BCUT2D eigenvalue weighted by Gasteiger charge is 2.44. The monoisotopic (exact) mass is 290 g/mol. The van der Waals surface area contributed by atoms with Crippen LogP contribution in [0.3, 0.4) is 0 Å². The minimum Gasteiger partial charge on any atom is -0.508 e. The molecule has 0 radical (unpaired) electrons. The third-order valence-corrected chi connectivity index (χ3v) is 3.92. The van der Waals surface area contributed by atoms with Crippen molar-refractivity contribution in [3.63, 3.8) is 0 Å². The SMILES string of the molecule is C[C@@H]1O[C@H](C)[C@H](O)C2=C1C(=O)c1c(O)cc(O)cc1C2=O. The predicted octanol–water partition coefficient (Wildman–Crippen LogP) is 0.941. The van der Waals surface area contributed by atoms with E-state index >= 15 is 0 Å². The zero-order valence-corrected chi connectivity index (χ0v) is 11.5. The standard InChI is InChI=1S/C15H14O6/c1-5-10-12(13(18)6(2)21-5)14(19)8-3-7(16)4-9(17)11(8)15(10)20/h3-6,13,16-18H,1-2H3/t5-,6+,13-/m0/s1. The fourth-order valence-electron chi connectivity index (χ4n) is 2.95. The highest BCUT2D eigenvalue weighted by atomic mass is 16.5. The van der Waals surface area contributed by atoms with Crippen molar-refractivity contribution in [2.45, 2.75) is 32.2 Å². The molecule has 6 heteroatoms. The molecule has 6 nitrogen and oxygen atoms in total. The lowest BCUT2D eigenvalue weighted by Crippen LogP contribution is -2.45. The van der Waals surface area contributed by atoms with E-state index in [-0.39, 0.29) is 28.0 Å². The van der Waals surface area contributed by atoms with Crippen LogP contribution in [0.1, 0.15) is 34.6 Å². The van der Waals surface area contributed by atoms with Crippen molar-refractivity contribution < 1.29 is 29.6 Å². The zero-order valence-electron chi connectivity index (χ0n) is 11.5. The second kappa shape index (κ2) is 4.41. The Morgan fingerprint density at radius 1 is 1.05 bits per heavy atom. The van der Waals surface area contributed by atoms with E-state index in [4.69, 9.17) is 4.74 Å². The van der Waals surface area contributed by atoms with Crippen molar-refractivity contribution in [2.75, 3.05) is 0 Å².